The summed E-state index contributed by atoms with van der Waals surface area (Å²) >= 11 is 3.32. The van der Waals surface area contributed by atoms with E-state index in [1.807, 2.05) is 0 Å². The molecule has 0 aliphatic heterocycles. The largest absolute Gasteiger partial charge is 0.497 e. The van der Waals surface area contributed by atoms with Gasteiger partial charge >= 0.3 is 0 Å². The van der Waals surface area contributed by atoms with Crippen molar-refractivity contribution in [3.63, 3.8) is 0 Å². The Balaban J connectivity index is 2.01. The van der Waals surface area contributed by atoms with Gasteiger partial charge in [-0.2, -0.15) is 0 Å². The molecular weight excluding hydrogens is 391 g/mol. The molecule has 0 spiro atoms. The van der Waals surface area contributed by atoms with Crippen LogP contribution < -0.4 is 14.8 Å². The molecule has 0 aliphatic carbocycles. The van der Waals surface area contributed by atoms with Crippen molar-refractivity contribution < 1.29 is 18.7 Å². The molecule has 134 valence electrons. The molecule has 5 nitrogen and oxygen atoms in total. The number of hydrogen-bond acceptors (Lipinski definition) is 4. The minimum Gasteiger partial charge on any atom is -0.497 e. The summed E-state index contributed by atoms with van der Waals surface area (Å²) in [6.07, 6.45) is 0. The number of ether oxygens (including phenoxy) is 2. The van der Waals surface area contributed by atoms with Crippen LogP contribution in [0.15, 0.2) is 40.9 Å². The molecule has 1 N–H and O–H groups in total. The molecule has 0 saturated heterocycles. The summed E-state index contributed by atoms with van der Waals surface area (Å²) < 4.78 is 25.0. The molecular formula is C18H20BrFN2O3. The van der Waals surface area contributed by atoms with Gasteiger partial charge < -0.3 is 14.8 Å². The second kappa shape index (κ2) is 8.82. The zero-order chi connectivity index (χ0) is 18.4. The molecule has 0 fully saturated rings. The van der Waals surface area contributed by atoms with Crippen molar-refractivity contribution in [3.8, 4) is 11.5 Å². The first-order chi connectivity index (χ1) is 11.9. The zero-order valence-electron chi connectivity index (χ0n) is 14.3. The Morgan fingerprint density at radius 3 is 2.64 bits per heavy atom. The van der Waals surface area contributed by atoms with Gasteiger partial charge in [0.2, 0.25) is 5.91 Å². The first-order valence-electron chi connectivity index (χ1n) is 7.57. The maximum Gasteiger partial charge on any atom is 0.238 e. The molecule has 0 aromatic heterocycles. The average Bonchev–Trinajstić information content (AvgIpc) is 2.57. The number of halogens is 2. The first-order valence-corrected chi connectivity index (χ1v) is 8.36. The number of nitrogens with one attached hydrogen (secondary N) is 1. The summed E-state index contributed by atoms with van der Waals surface area (Å²) in [6.45, 7) is 0.417. The number of anilines is 1. The van der Waals surface area contributed by atoms with Gasteiger partial charge in [0.05, 0.1) is 26.5 Å². The molecule has 0 aliphatic rings. The van der Waals surface area contributed by atoms with Gasteiger partial charge in [-0.25, -0.2) is 4.39 Å². The molecule has 2 aromatic rings. The second-order valence-corrected chi connectivity index (χ2v) is 6.44. The SMILES string of the molecule is COc1ccc(OC)c(NC(=O)CN(C)Cc2cc(Br)ccc2F)c1. The van der Waals surface area contributed by atoms with Crippen LogP contribution in [-0.4, -0.2) is 38.6 Å². The van der Waals surface area contributed by atoms with Crippen LogP contribution in [-0.2, 0) is 11.3 Å². The summed E-state index contributed by atoms with van der Waals surface area (Å²) in [5, 5.41) is 2.79. The third-order valence-corrected chi connectivity index (χ3v) is 4.04. The Morgan fingerprint density at radius 1 is 1.20 bits per heavy atom. The Hall–Kier alpha value is -2.12. The highest BCUT2D eigenvalue weighted by molar-refractivity contribution is 9.10. The molecule has 7 heteroatoms. The third kappa shape index (κ3) is 5.44. The van der Waals surface area contributed by atoms with Gasteiger partial charge in [0.15, 0.2) is 0 Å². The number of carbonyl (C=O) groups is 1. The Morgan fingerprint density at radius 2 is 1.96 bits per heavy atom. The van der Waals surface area contributed by atoms with Gasteiger partial charge in [-0.3, -0.25) is 9.69 Å². The van der Waals surface area contributed by atoms with E-state index in [0.717, 1.165) is 4.47 Å². The highest BCUT2D eigenvalue weighted by Gasteiger charge is 2.13. The smallest absolute Gasteiger partial charge is 0.238 e. The van der Waals surface area contributed by atoms with Crippen molar-refractivity contribution >= 4 is 27.5 Å². The second-order valence-electron chi connectivity index (χ2n) is 5.52. The van der Waals surface area contributed by atoms with Gasteiger partial charge in [0.25, 0.3) is 0 Å². The lowest BCUT2D eigenvalue weighted by Gasteiger charge is -2.18. The maximum atomic E-state index is 13.8. The summed E-state index contributed by atoms with van der Waals surface area (Å²) in [7, 11) is 4.83. The number of hydrogen-bond donors (Lipinski definition) is 1. The van der Waals surface area contributed by atoms with Crippen LogP contribution in [0, 0.1) is 5.82 Å². The van der Waals surface area contributed by atoms with Crippen molar-refractivity contribution in [2.24, 2.45) is 0 Å². The Bertz CT molecular complexity index is 755. The van der Waals surface area contributed by atoms with Gasteiger partial charge in [-0.15, -0.1) is 0 Å². The van der Waals surface area contributed by atoms with Crippen LogP contribution in [0.5, 0.6) is 11.5 Å². The normalized spacial score (nSPS) is 10.6. The van der Waals surface area contributed by atoms with E-state index in [4.69, 9.17) is 9.47 Å². The number of rotatable bonds is 7. The minimum atomic E-state index is -0.301. The van der Waals surface area contributed by atoms with Crippen molar-refractivity contribution in [3.05, 3.63) is 52.3 Å². The summed E-state index contributed by atoms with van der Waals surface area (Å²) in [4.78, 5) is 14.0. The number of likely N-dealkylation sites (N-methyl/N-ethyl adjacent to an activating group) is 1. The lowest BCUT2D eigenvalue weighted by atomic mass is 10.2. The lowest BCUT2D eigenvalue weighted by molar-refractivity contribution is -0.117. The number of carbonyl (C=O) groups excluding carboxylic acids is 1. The summed E-state index contributed by atoms with van der Waals surface area (Å²) in [5.74, 6) is 0.616. The molecule has 0 bridgehead atoms. The van der Waals surface area contributed by atoms with E-state index < -0.39 is 0 Å². The highest BCUT2D eigenvalue weighted by atomic mass is 79.9. The van der Waals surface area contributed by atoms with E-state index in [-0.39, 0.29) is 18.3 Å². The number of methoxy groups -OCH3 is 2. The molecule has 0 heterocycles. The molecule has 0 unspecified atom stereocenters. The molecule has 0 radical (unpaired) electrons. The molecule has 25 heavy (non-hydrogen) atoms. The fraction of sp³-hybridized carbons (Fsp3) is 0.278. The quantitative estimate of drug-likeness (QED) is 0.756. The van der Waals surface area contributed by atoms with Gasteiger partial charge in [-0.05, 0) is 37.4 Å². The fourth-order valence-electron chi connectivity index (χ4n) is 2.36. The predicted molar refractivity (Wildman–Crippen MR) is 98.6 cm³/mol. The summed E-state index contributed by atoms with van der Waals surface area (Å²) in [5.41, 5.74) is 1.04. The number of benzene rings is 2. The topological polar surface area (TPSA) is 50.8 Å². The van der Waals surface area contributed by atoms with Crippen LogP contribution in [0.25, 0.3) is 0 Å². The number of nitrogens with zero attached hydrogens (tertiary/aromatic N) is 1. The molecule has 2 aromatic carbocycles. The van der Waals surface area contributed by atoms with Crippen molar-refractivity contribution in [2.45, 2.75) is 6.54 Å². The van der Waals surface area contributed by atoms with Crippen molar-refractivity contribution in [1.29, 1.82) is 0 Å². The van der Waals surface area contributed by atoms with Crippen LogP contribution >= 0.6 is 15.9 Å². The summed E-state index contributed by atoms with van der Waals surface area (Å²) in [6, 6.07) is 9.89. The average molecular weight is 411 g/mol. The highest BCUT2D eigenvalue weighted by Crippen LogP contribution is 2.28. The Kier molecular flexibility index (Phi) is 6.78. The Labute approximate surface area is 154 Å². The van der Waals surface area contributed by atoms with Gasteiger partial charge in [-0.1, -0.05) is 15.9 Å². The molecule has 0 saturated carbocycles. The van der Waals surface area contributed by atoms with Crippen molar-refractivity contribution in [2.75, 3.05) is 33.1 Å². The van der Waals surface area contributed by atoms with E-state index in [1.165, 1.54) is 13.2 Å². The first kappa shape index (κ1) is 19.2. The van der Waals surface area contributed by atoms with E-state index in [1.54, 1.807) is 49.4 Å². The predicted octanol–water partition coefficient (Wildman–Crippen LogP) is 3.68. The molecule has 2 rings (SSSR count). The molecule has 1 amide bonds. The zero-order valence-corrected chi connectivity index (χ0v) is 15.9. The lowest BCUT2D eigenvalue weighted by Crippen LogP contribution is -2.30. The van der Waals surface area contributed by atoms with Crippen LogP contribution in [0.3, 0.4) is 0 Å². The third-order valence-electron chi connectivity index (χ3n) is 3.54. The number of amides is 1. The standard InChI is InChI=1S/C18H20BrFN2O3/c1-22(10-12-8-13(19)4-6-15(12)20)11-18(23)21-16-9-14(24-2)5-7-17(16)25-3/h4-9H,10-11H2,1-3H3,(H,21,23). The van der Waals surface area contributed by atoms with E-state index in [2.05, 4.69) is 21.2 Å². The maximum absolute atomic E-state index is 13.8. The monoisotopic (exact) mass is 410 g/mol. The van der Waals surface area contributed by atoms with E-state index in [9.17, 15) is 9.18 Å². The van der Waals surface area contributed by atoms with Crippen molar-refractivity contribution in [1.82, 2.24) is 4.90 Å². The van der Waals surface area contributed by atoms with Crippen LogP contribution in [0.1, 0.15) is 5.56 Å². The van der Waals surface area contributed by atoms with Crippen LogP contribution in [0.2, 0.25) is 0 Å². The minimum absolute atomic E-state index is 0.103. The van der Waals surface area contributed by atoms with Crippen LogP contribution in [0.4, 0.5) is 10.1 Å². The van der Waals surface area contributed by atoms with Gasteiger partial charge in [0.1, 0.15) is 17.3 Å². The van der Waals surface area contributed by atoms with E-state index in [0.29, 0.717) is 29.3 Å². The molecule has 0 atom stereocenters. The van der Waals surface area contributed by atoms with Gasteiger partial charge in [0, 0.05) is 22.6 Å². The van der Waals surface area contributed by atoms with E-state index >= 15 is 0 Å². The fourth-order valence-corrected chi connectivity index (χ4v) is 2.77.